The highest BCUT2D eigenvalue weighted by Crippen LogP contribution is 2.14. The molecule has 0 aliphatic carbocycles. The highest BCUT2D eigenvalue weighted by Gasteiger charge is 2.17. The minimum atomic E-state index is 0.318. The summed E-state index contributed by atoms with van der Waals surface area (Å²) in [6.07, 6.45) is 0. The first-order valence-corrected chi connectivity index (χ1v) is 5.76. The van der Waals surface area contributed by atoms with Gasteiger partial charge in [0.25, 0.3) is 0 Å². The average Bonchev–Trinajstić information content (AvgIpc) is 2.67. The Kier molecular flexibility index (Phi) is 3.14. The van der Waals surface area contributed by atoms with Crippen LogP contribution in [-0.2, 0) is 6.54 Å². The molecule has 2 rings (SSSR count). The van der Waals surface area contributed by atoms with Crippen LogP contribution in [-0.4, -0.2) is 22.9 Å². The molecule has 1 aliphatic rings. The Hall–Kier alpha value is -0.900. The van der Waals surface area contributed by atoms with Gasteiger partial charge in [-0.1, -0.05) is 51.5 Å². The zero-order valence-corrected chi connectivity index (χ0v) is 9.39. The van der Waals surface area contributed by atoms with Crippen molar-refractivity contribution in [2.24, 2.45) is 10.3 Å². The molecule has 0 bridgehead atoms. The number of halogens is 1. The summed E-state index contributed by atoms with van der Waals surface area (Å²) < 4.78 is 0. The van der Waals surface area contributed by atoms with Gasteiger partial charge in [-0.2, -0.15) is 5.11 Å². The van der Waals surface area contributed by atoms with Crippen LogP contribution in [0.15, 0.2) is 40.7 Å². The van der Waals surface area contributed by atoms with E-state index in [4.69, 9.17) is 0 Å². The van der Waals surface area contributed by atoms with Gasteiger partial charge in [0, 0.05) is 5.33 Å². The minimum absolute atomic E-state index is 0.318. The van der Waals surface area contributed by atoms with E-state index in [1.165, 1.54) is 5.56 Å². The molecule has 1 unspecified atom stereocenters. The van der Waals surface area contributed by atoms with Gasteiger partial charge in [-0.25, -0.2) is 0 Å². The lowest BCUT2D eigenvalue weighted by Crippen LogP contribution is -2.21. The molecule has 4 heteroatoms. The molecular formula is C10H12BrN3. The third-order valence-electron chi connectivity index (χ3n) is 2.15. The second kappa shape index (κ2) is 4.55. The molecule has 1 aliphatic heterocycles. The lowest BCUT2D eigenvalue weighted by atomic mass is 10.2. The van der Waals surface area contributed by atoms with Crippen molar-refractivity contribution in [1.29, 1.82) is 0 Å². The topological polar surface area (TPSA) is 28.0 Å². The maximum Gasteiger partial charge on any atom is 0.102 e. The van der Waals surface area contributed by atoms with Crippen LogP contribution in [0.4, 0.5) is 0 Å². The number of benzene rings is 1. The molecule has 14 heavy (non-hydrogen) atoms. The second-order valence-electron chi connectivity index (χ2n) is 3.35. The highest BCUT2D eigenvalue weighted by molar-refractivity contribution is 9.09. The van der Waals surface area contributed by atoms with E-state index in [9.17, 15) is 0 Å². The van der Waals surface area contributed by atoms with Gasteiger partial charge >= 0.3 is 0 Å². The molecule has 0 spiro atoms. The van der Waals surface area contributed by atoms with Gasteiger partial charge in [-0.3, -0.25) is 5.01 Å². The Bertz CT molecular complexity index is 312. The molecule has 1 aromatic carbocycles. The maximum absolute atomic E-state index is 4.14. The summed E-state index contributed by atoms with van der Waals surface area (Å²) in [5, 5.41) is 11.1. The number of nitrogens with zero attached hydrogens (tertiary/aromatic N) is 3. The molecule has 1 atom stereocenters. The van der Waals surface area contributed by atoms with Crippen LogP contribution in [0.25, 0.3) is 0 Å². The molecule has 1 aromatic rings. The summed E-state index contributed by atoms with van der Waals surface area (Å²) in [5.41, 5.74) is 1.28. The van der Waals surface area contributed by atoms with Crippen LogP contribution in [0.3, 0.4) is 0 Å². The van der Waals surface area contributed by atoms with Crippen molar-refractivity contribution in [3.63, 3.8) is 0 Å². The standard InChI is InChI=1S/C10H12BrN3/c11-6-10-8-14(13-12-10)7-9-4-2-1-3-5-9/h1-5,10H,6-8H2. The Labute approximate surface area is 91.9 Å². The molecule has 0 fully saturated rings. The number of hydrogen-bond acceptors (Lipinski definition) is 3. The zero-order valence-electron chi connectivity index (χ0n) is 7.81. The van der Waals surface area contributed by atoms with Crippen LogP contribution < -0.4 is 0 Å². The number of hydrogen-bond donors (Lipinski definition) is 0. The SMILES string of the molecule is BrCC1CN(Cc2ccccc2)N=N1. The van der Waals surface area contributed by atoms with Crippen molar-refractivity contribution >= 4 is 15.9 Å². The van der Waals surface area contributed by atoms with Crippen molar-refractivity contribution in [2.45, 2.75) is 12.6 Å². The van der Waals surface area contributed by atoms with E-state index in [1.54, 1.807) is 0 Å². The van der Waals surface area contributed by atoms with Gasteiger partial charge in [-0.05, 0) is 5.56 Å². The number of alkyl halides is 1. The van der Waals surface area contributed by atoms with Crippen LogP contribution >= 0.6 is 15.9 Å². The van der Waals surface area contributed by atoms with Gasteiger partial charge in [0.15, 0.2) is 0 Å². The van der Waals surface area contributed by atoms with Crippen molar-refractivity contribution in [1.82, 2.24) is 5.01 Å². The normalized spacial score (nSPS) is 20.4. The summed E-state index contributed by atoms with van der Waals surface area (Å²) in [6.45, 7) is 1.77. The van der Waals surface area contributed by atoms with Gasteiger partial charge in [-0.15, -0.1) is 0 Å². The van der Waals surface area contributed by atoms with Crippen molar-refractivity contribution in [3.05, 3.63) is 35.9 Å². The van der Waals surface area contributed by atoms with E-state index in [0.29, 0.717) is 6.04 Å². The molecule has 74 valence electrons. The van der Waals surface area contributed by atoms with E-state index in [2.05, 4.69) is 38.4 Å². The molecule has 0 radical (unpaired) electrons. The summed E-state index contributed by atoms with van der Waals surface area (Å²) in [5.74, 6) is 0. The molecule has 0 N–H and O–H groups in total. The average molecular weight is 254 g/mol. The lowest BCUT2D eigenvalue weighted by Gasteiger charge is -2.12. The van der Waals surface area contributed by atoms with E-state index in [1.807, 2.05) is 23.2 Å². The zero-order chi connectivity index (χ0) is 9.80. The van der Waals surface area contributed by atoms with E-state index >= 15 is 0 Å². The summed E-state index contributed by atoms with van der Waals surface area (Å²) in [7, 11) is 0. The highest BCUT2D eigenvalue weighted by atomic mass is 79.9. The Balaban J connectivity index is 1.92. The van der Waals surface area contributed by atoms with E-state index in [0.717, 1.165) is 18.4 Å². The largest absolute Gasteiger partial charge is 0.272 e. The number of rotatable bonds is 3. The summed E-state index contributed by atoms with van der Waals surface area (Å²) >= 11 is 3.41. The van der Waals surface area contributed by atoms with Gasteiger partial charge in [0.2, 0.25) is 0 Å². The first kappa shape index (κ1) is 9.65. The van der Waals surface area contributed by atoms with E-state index in [-0.39, 0.29) is 0 Å². The fourth-order valence-electron chi connectivity index (χ4n) is 1.43. The molecule has 3 nitrogen and oxygen atoms in total. The first-order valence-electron chi connectivity index (χ1n) is 4.64. The van der Waals surface area contributed by atoms with Crippen LogP contribution in [0.2, 0.25) is 0 Å². The predicted molar refractivity (Wildman–Crippen MR) is 59.3 cm³/mol. The Morgan fingerprint density at radius 1 is 1.36 bits per heavy atom. The molecule has 0 amide bonds. The second-order valence-corrected chi connectivity index (χ2v) is 3.99. The van der Waals surface area contributed by atoms with Crippen molar-refractivity contribution in [3.8, 4) is 0 Å². The van der Waals surface area contributed by atoms with Crippen LogP contribution in [0.5, 0.6) is 0 Å². The maximum atomic E-state index is 4.14. The fraction of sp³-hybridized carbons (Fsp3) is 0.400. The van der Waals surface area contributed by atoms with E-state index < -0.39 is 0 Å². The Morgan fingerprint density at radius 2 is 2.14 bits per heavy atom. The van der Waals surface area contributed by atoms with Gasteiger partial charge < -0.3 is 0 Å². The smallest absolute Gasteiger partial charge is 0.102 e. The fourth-order valence-corrected chi connectivity index (χ4v) is 1.77. The quantitative estimate of drug-likeness (QED) is 0.762. The van der Waals surface area contributed by atoms with Crippen molar-refractivity contribution < 1.29 is 0 Å². The first-order chi connectivity index (χ1) is 6.88. The molecule has 0 aromatic heterocycles. The van der Waals surface area contributed by atoms with Crippen molar-refractivity contribution in [2.75, 3.05) is 11.9 Å². The molecular weight excluding hydrogens is 242 g/mol. The predicted octanol–water partition coefficient (Wildman–Crippen LogP) is 2.63. The minimum Gasteiger partial charge on any atom is -0.272 e. The van der Waals surface area contributed by atoms with Crippen LogP contribution in [0, 0.1) is 0 Å². The van der Waals surface area contributed by atoms with Crippen LogP contribution in [0.1, 0.15) is 5.56 Å². The Morgan fingerprint density at radius 3 is 2.79 bits per heavy atom. The lowest BCUT2D eigenvalue weighted by molar-refractivity contribution is 0.303. The third-order valence-corrected chi connectivity index (χ3v) is 2.90. The molecule has 0 saturated carbocycles. The van der Waals surface area contributed by atoms with Gasteiger partial charge in [0.05, 0.1) is 13.1 Å². The summed E-state index contributed by atoms with van der Waals surface area (Å²) in [6, 6.07) is 10.7. The molecule has 0 saturated heterocycles. The van der Waals surface area contributed by atoms with Gasteiger partial charge in [0.1, 0.15) is 6.04 Å². The molecule has 1 heterocycles. The monoisotopic (exact) mass is 253 g/mol. The summed E-state index contributed by atoms with van der Waals surface area (Å²) in [4.78, 5) is 0. The third kappa shape index (κ3) is 2.32.